The molecule has 2 saturated heterocycles. The van der Waals surface area contributed by atoms with Gasteiger partial charge in [-0.05, 0) is 25.3 Å². The van der Waals surface area contributed by atoms with Crippen LogP contribution < -0.4 is 0 Å². The molecule has 2 aliphatic heterocycles. The van der Waals surface area contributed by atoms with Gasteiger partial charge in [0.2, 0.25) is 5.89 Å². The van der Waals surface area contributed by atoms with Gasteiger partial charge in [0.15, 0.2) is 5.82 Å². The average molecular weight is 292 g/mol. The molecule has 0 aliphatic carbocycles. The van der Waals surface area contributed by atoms with Gasteiger partial charge in [0.25, 0.3) is 0 Å². The third-order valence-corrected chi connectivity index (χ3v) is 5.05. The van der Waals surface area contributed by atoms with Crippen LogP contribution in [0.1, 0.15) is 44.8 Å². The zero-order valence-electron chi connectivity index (χ0n) is 13.6. The van der Waals surface area contributed by atoms with Crippen molar-refractivity contribution in [3.63, 3.8) is 0 Å². The van der Waals surface area contributed by atoms with E-state index in [4.69, 9.17) is 4.52 Å². The molecule has 3 heterocycles. The summed E-state index contributed by atoms with van der Waals surface area (Å²) in [6.07, 6.45) is 5.03. The van der Waals surface area contributed by atoms with Crippen LogP contribution in [0.4, 0.5) is 0 Å². The molecule has 1 aromatic rings. The summed E-state index contributed by atoms with van der Waals surface area (Å²) >= 11 is 0. The molecule has 118 valence electrons. The Morgan fingerprint density at radius 2 is 2.14 bits per heavy atom. The van der Waals surface area contributed by atoms with E-state index in [0.29, 0.717) is 17.9 Å². The number of hydrogen-bond acceptors (Lipinski definition) is 5. The number of aromatic nitrogens is 2. The molecule has 2 unspecified atom stereocenters. The van der Waals surface area contributed by atoms with Crippen LogP contribution in [0.2, 0.25) is 0 Å². The summed E-state index contributed by atoms with van der Waals surface area (Å²) in [6.45, 7) is 11.3. The van der Waals surface area contributed by atoms with Crippen molar-refractivity contribution in [2.75, 3.05) is 26.2 Å². The van der Waals surface area contributed by atoms with Gasteiger partial charge in [0, 0.05) is 45.1 Å². The molecule has 0 spiro atoms. The molecule has 21 heavy (non-hydrogen) atoms. The number of hydrogen-bond donors (Lipinski definition) is 0. The minimum atomic E-state index is 0.660. The van der Waals surface area contributed by atoms with E-state index >= 15 is 0 Å². The van der Waals surface area contributed by atoms with E-state index in [2.05, 4.69) is 33.8 Å². The summed E-state index contributed by atoms with van der Waals surface area (Å²) in [7, 11) is 0. The van der Waals surface area contributed by atoms with Crippen molar-refractivity contribution < 1.29 is 4.52 Å². The molecular weight excluding hydrogens is 264 g/mol. The molecule has 0 saturated carbocycles. The molecule has 2 fully saturated rings. The fraction of sp³-hybridized carbons (Fsp3) is 0.875. The lowest BCUT2D eigenvalue weighted by Crippen LogP contribution is -2.61. The maximum absolute atomic E-state index is 5.08. The van der Waals surface area contributed by atoms with Crippen molar-refractivity contribution in [1.82, 2.24) is 19.9 Å². The molecule has 3 rings (SSSR count). The zero-order valence-corrected chi connectivity index (χ0v) is 13.6. The van der Waals surface area contributed by atoms with Crippen molar-refractivity contribution in [3.05, 3.63) is 11.7 Å². The van der Waals surface area contributed by atoms with E-state index in [0.717, 1.165) is 24.8 Å². The first-order valence-electron chi connectivity index (χ1n) is 8.41. The second-order valence-corrected chi connectivity index (χ2v) is 6.93. The van der Waals surface area contributed by atoms with Crippen LogP contribution in [0, 0.1) is 12.8 Å². The first-order valence-corrected chi connectivity index (χ1v) is 8.41. The van der Waals surface area contributed by atoms with E-state index in [-0.39, 0.29) is 0 Å². The Bertz CT molecular complexity index is 459. The second-order valence-electron chi connectivity index (χ2n) is 6.93. The Kier molecular flexibility index (Phi) is 4.60. The summed E-state index contributed by atoms with van der Waals surface area (Å²) in [6, 6.07) is 1.42. The summed E-state index contributed by atoms with van der Waals surface area (Å²) in [5.74, 6) is 2.21. The third kappa shape index (κ3) is 3.46. The monoisotopic (exact) mass is 292 g/mol. The maximum Gasteiger partial charge on any atom is 0.223 e. The number of aryl methyl sites for hydroxylation is 1. The Balaban J connectivity index is 1.63. The topological polar surface area (TPSA) is 45.4 Å². The van der Waals surface area contributed by atoms with Gasteiger partial charge in [0.1, 0.15) is 0 Å². The van der Waals surface area contributed by atoms with Gasteiger partial charge in [-0.25, -0.2) is 0 Å². The molecule has 0 radical (unpaired) electrons. The fourth-order valence-electron chi connectivity index (χ4n) is 3.84. The number of fused-ring (bicyclic) bond motifs is 1. The molecule has 0 bridgehead atoms. The van der Waals surface area contributed by atoms with Gasteiger partial charge >= 0.3 is 0 Å². The third-order valence-electron chi connectivity index (χ3n) is 5.05. The highest BCUT2D eigenvalue weighted by atomic mass is 16.5. The Morgan fingerprint density at radius 1 is 1.29 bits per heavy atom. The van der Waals surface area contributed by atoms with Gasteiger partial charge in [-0.15, -0.1) is 0 Å². The van der Waals surface area contributed by atoms with Crippen LogP contribution in [-0.4, -0.2) is 58.2 Å². The Morgan fingerprint density at radius 3 is 2.86 bits per heavy atom. The number of rotatable bonds is 4. The lowest BCUT2D eigenvalue weighted by atomic mass is 9.92. The number of piperazine rings is 1. The van der Waals surface area contributed by atoms with Crippen molar-refractivity contribution in [2.45, 2.75) is 58.5 Å². The summed E-state index contributed by atoms with van der Waals surface area (Å²) in [5.41, 5.74) is 0. The standard InChI is InChI=1S/C16H28N4O/c1-12(2)15-11-19-8-5-4-6-14(19)10-20(15)9-7-16-17-13(3)21-18-16/h12,14-15H,4-11H2,1-3H3. The lowest BCUT2D eigenvalue weighted by Gasteiger charge is -2.49. The predicted octanol–water partition coefficient (Wildman–Crippen LogP) is 2.12. The molecule has 0 N–H and O–H groups in total. The van der Waals surface area contributed by atoms with Crippen LogP contribution in [0.5, 0.6) is 0 Å². The van der Waals surface area contributed by atoms with Gasteiger partial charge in [-0.2, -0.15) is 4.98 Å². The molecule has 0 amide bonds. The molecule has 2 aliphatic rings. The molecule has 0 aromatic carbocycles. The van der Waals surface area contributed by atoms with E-state index in [1.165, 1.54) is 38.9 Å². The van der Waals surface area contributed by atoms with Crippen LogP contribution in [0.25, 0.3) is 0 Å². The first kappa shape index (κ1) is 15.0. The first-order chi connectivity index (χ1) is 10.1. The Hall–Kier alpha value is -0.940. The highest BCUT2D eigenvalue weighted by Crippen LogP contribution is 2.27. The fourth-order valence-corrected chi connectivity index (χ4v) is 3.84. The van der Waals surface area contributed by atoms with Crippen LogP contribution in [0.3, 0.4) is 0 Å². The van der Waals surface area contributed by atoms with Crippen LogP contribution in [-0.2, 0) is 6.42 Å². The predicted molar refractivity (Wildman–Crippen MR) is 82.2 cm³/mol. The van der Waals surface area contributed by atoms with Crippen LogP contribution >= 0.6 is 0 Å². The molecule has 5 heteroatoms. The van der Waals surface area contributed by atoms with E-state index in [9.17, 15) is 0 Å². The summed E-state index contributed by atoms with van der Waals surface area (Å²) in [5, 5.41) is 4.03. The number of piperidine rings is 1. The van der Waals surface area contributed by atoms with Crippen LogP contribution in [0.15, 0.2) is 4.52 Å². The quantitative estimate of drug-likeness (QED) is 0.850. The molecule has 1 aromatic heterocycles. The highest BCUT2D eigenvalue weighted by molar-refractivity contribution is 4.94. The van der Waals surface area contributed by atoms with Gasteiger partial charge in [-0.1, -0.05) is 25.4 Å². The maximum atomic E-state index is 5.08. The average Bonchev–Trinajstić information content (AvgIpc) is 2.89. The molecular formula is C16H28N4O. The largest absolute Gasteiger partial charge is 0.340 e. The molecule has 5 nitrogen and oxygen atoms in total. The van der Waals surface area contributed by atoms with E-state index < -0.39 is 0 Å². The smallest absolute Gasteiger partial charge is 0.223 e. The SMILES string of the molecule is Cc1nc(CCN2CC3CCCCN3CC2C(C)C)no1. The highest BCUT2D eigenvalue weighted by Gasteiger charge is 2.35. The molecule has 2 atom stereocenters. The minimum absolute atomic E-state index is 0.660. The Labute approximate surface area is 127 Å². The van der Waals surface area contributed by atoms with Gasteiger partial charge < -0.3 is 4.52 Å². The van der Waals surface area contributed by atoms with Gasteiger partial charge in [0.05, 0.1) is 0 Å². The van der Waals surface area contributed by atoms with Crippen molar-refractivity contribution in [2.24, 2.45) is 5.92 Å². The van der Waals surface area contributed by atoms with Crippen molar-refractivity contribution in [1.29, 1.82) is 0 Å². The zero-order chi connectivity index (χ0) is 14.8. The number of nitrogens with zero attached hydrogens (tertiary/aromatic N) is 4. The second kappa shape index (κ2) is 6.44. The summed E-state index contributed by atoms with van der Waals surface area (Å²) in [4.78, 5) is 9.73. The minimum Gasteiger partial charge on any atom is -0.340 e. The van der Waals surface area contributed by atoms with E-state index in [1.807, 2.05) is 6.92 Å². The lowest BCUT2D eigenvalue weighted by molar-refractivity contribution is -0.00701. The van der Waals surface area contributed by atoms with E-state index in [1.54, 1.807) is 0 Å². The normalized spacial score (nSPS) is 28.0. The van der Waals surface area contributed by atoms with Crippen molar-refractivity contribution >= 4 is 0 Å². The van der Waals surface area contributed by atoms with Crippen molar-refractivity contribution in [3.8, 4) is 0 Å². The van der Waals surface area contributed by atoms with Gasteiger partial charge in [-0.3, -0.25) is 9.80 Å². The summed E-state index contributed by atoms with van der Waals surface area (Å²) < 4.78 is 5.08.